The van der Waals surface area contributed by atoms with Gasteiger partial charge in [-0.15, -0.1) is 0 Å². The second-order valence-corrected chi connectivity index (χ2v) is 6.67. The highest BCUT2D eigenvalue weighted by molar-refractivity contribution is 5.97. The first-order chi connectivity index (χ1) is 11.1. The Kier molecular flexibility index (Phi) is 4.66. The first kappa shape index (κ1) is 16.0. The Morgan fingerprint density at radius 1 is 1.17 bits per heavy atom. The van der Waals surface area contributed by atoms with Gasteiger partial charge in [0.25, 0.3) is 5.91 Å². The maximum atomic E-state index is 12.7. The van der Waals surface area contributed by atoms with E-state index in [1.165, 1.54) is 0 Å². The van der Waals surface area contributed by atoms with Gasteiger partial charge in [-0.25, -0.2) is 0 Å². The number of carbonyl (C=O) groups excluding carboxylic acids is 2. The van der Waals surface area contributed by atoms with Crippen molar-refractivity contribution in [1.29, 1.82) is 0 Å². The summed E-state index contributed by atoms with van der Waals surface area (Å²) < 4.78 is 0. The summed E-state index contributed by atoms with van der Waals surface area (Å²) in [7, 11) is 0. The zero-order chi connectivity index (χ0) is 16.3. The first-order valence-electron chi connectivity index (χ1n) is 8.45. The van der Waals surface area contributed by atoms with Gasteiger partial charge >= 0.3 is 0 Å². The molecule has 2 N–H and O–H groups in total. The number of carbonyl (C=O) groups is 2. The lowest BCUT2D eigenvalue weighted by molar-refractivity contribution is -0.129. The second-order valence-electron chi connectivity index (χ2n) is 6.67. The van der Waals surface area contributed by atoms with Crippen molar-refractivity contribution < 1.29 is 14.7 Å². The standard InChI is InChI=1S/C18H24N2O3/c21-16(19-13-18(23)10-6-11-18)15-9-4-5-12-20(15)17(22)14-7-2-1-3-8-14/h1-3,7-8,15,23H,4-6,9-13H2,(H,19,21). The van der Waals surface area contributed by atoms with Gasteiger partial charge in [0.05, 0.1) is 5.60 Å². The van der Waals surface area contributed by atoms with Crippen LogP contribution in [0.5, 0.6) is 0 Å². The largest absolute Gasteiger partial charge is 0.388 e. The van der Waals surface area contributed by atoms with E-state index in [1.807, 2.05) is 18.2 Å². The molecule has 0 aromatic heterocycles. The van der Waals surface area contributed by atoms with Crippen LogP contribution in [0.3, 0.4) is 0 Å². The van der Waals surface area contributed by atoms with E-state index in [1.54, 1.807) is 17.0 Å². The monoisotopic (exact) mass is 316 g/mol. The van der Waals surface area contributed by atoms with Crippen LogP contribution in [0.1, 0.15) is 48.9 Å². The van der Waals surface area contributed by atoms with Gasteiger partial charge in [-0.1, -0.05) is 18.2 Å². The van der Waals surface area contributed by atoms with Gasteiger partial charge < -0.3 is 15.3 Å². The molecular weight excluding hydrogens is 292 g/mol. The molecule has 1 saturated carbocycles. The van der Waals surface area contributed by atoms with Crippen molar-refractivity contribution >= 4 is 11.8 Å². The molecule has 2 aliphatic rings. The minimum Gasteiger partial charge on any atom is -0.388 e. The molecule has 3 rings (SSSR count). The molecule has 124 valence electrons. The highest BCUT2D eigenvalue weighted by Crippen LogP contribution is 2.30. The summed E-state index contributed by atoms with van der Waals surface area (Å²) in [6.45, 7) is 0.895. The van der Waals surface area contributed by atoms with Crippen LogP contribution >= 0.6 is 0 Å². The number of aliphatic hydroxyl groups is 1. The van der Waals surface area contributed by atoms with Crippen molar-refractivity contribution in [3.8, 4) is 0 Å². The zero-order valence-corrected chi connectivity index (χ0v) is 13.3. The van der Waals surface area contributed by atoms with E-state index >= 15 is 0 Å². The molecule has 1 aromatic carbocycles. The van der Waals surface area contributed by atoms with Crippen LogP contribution in [-0.4, -0.2) is 46.6 Å². The molecule has 1 aromatic rings. The van der Waals surface area contributed by atoms with Gasteiger partial charge in [-0.2, -0.15) is 0 Å². The maximum Gasteiger partial charge on any atom is 0.254 e. The fourth-order valence-electron chi connectivity index (χ4n) is 3.32. The highest BCUT2D eigenvalue weighted by Gasteiger charge is 2.37. The molecule has 2 fully saturated rings. The third-order valence-electron chi connectivity index (χ3n) is 4.96. The van der Waals surface area contributed by atoms with Crippen molar-refractivity contribution in [2.24, 2.45) is 0 Å². The number of likely N-dealkylation sites (tertiary alicyclic amines) is 1. The third-order valence-corrected chi connectivity index (χ3v) is 4.96. The maximum absolute atomic E-state index is 12.7. The van der Waals surface area contributed by atoms with Crippen molar-refractivity contribution in [2.75, 3.05) is 13.1 Å². The van der Waals surface area contributed by atoms with E-state index in [-0.39, 0.29) is 18.4 Å². The fraction of sp³-hybridized carbons (Fsp3) is 0.556. The molecule has 1 unspecified atom stereocenters. The lowest BCUT2D eigenvalue weighted by Crippen LogP contribution is -2.55. The van der Waals surface area contributed by atoms with E-state index in [0.717, 1.165) is 32.1 Å². The smallest absolute Gasteiger partial charge is 0.254 e. The van der Waals surface area contributed by atoms with E-state index in [0.29, 0.717) is 18.5 Å². The summed E-state index contributed by atoms with van der Waals surface area (Å²) in [4.78, 5) is 26.9. The molecule has 1 aliphatic heterocycles. The predicted molar refractivity (Wildman–Crippen MR) is 86.9 cm³/mol. The average Bonchev–Trinajstić information content (AvgIpc) is 2.58. The number of nitrogens with one attached hydrogen (secondary N) is 1. The van der Waals surface area contributed by atoms with Crippen molar-refractivity contribution in [1.82, 2.24) is 10.2 Å². The Hall–Kier alpha value is -1.88. The molecule has 0 bridgehead atoms. The Morgan fingerprint density at radius 2 is 1.91 bits per heavy atom. The minimum absolute atomic E-state index is 0.0900. The molecule has 1 atom stereocenters. The summed E-state index contributed by atoms with van der Waals surface area (Å²) in [5.74, 6) is -0.234. The number of hydrogen-bond donors (Lipinski definition) is 2. The zero-order valence-electron chi connectivity index (χ0n) is 13.3. The van der Waals surface area contributed by atoms with Crippen LogP contribution < -0.4 is 5.32 Å². The molecule has 5 nitrogen and oxygen atoms in total. The number of rotatable bonds is 4. The average molecular weight is 316 g/mol. The molecular formula is C18H24N2O3. The summed E-state index contributed by atoms with van der Waals surface area (Å²) in [5, 5.41) is 13.0. The quantitative estimate of drug-likeness (QED) is 0.888. The minimum atomic E-state index is -0.738. The number of hydrogen-bond acceptors (Lipinski definition) is 3. The summed E-state index contributed by atoms with van der Waals surface area (Å²) >= 11 is 0. The van der Waals surface area contributed by atoms with Gasteiger partial charge in [0, 0.05) is 18.7 Å². The molecule has 0 spiro atoms. The van der Waals surface area contributed by atoms with Crippen molar-refractivity contribution in [2.45, 2.75) is 50.2 Å². The first-order valence-corrected chi connectivity index (χ1v) is 8.45. The SMILES string of the molecule is O=C(NCC1(O)CCC1)C1CCCCN1C(=O)c1ccccc1. The summed E-state index contributed by atoms with van der Waals surface area (Å²) in [5.41, 5.74) is -0.122. The molecule has 23 heavy (non-hydrogen) atoms. The van der Waals surface area contributed by atoms with E-state index in [4.69, 9.17) is 0 Å². The van der Waals surface area contributed by atoms with Crippen molar-refractivity contribution in [3.63, 3.8) is 0 Å². The summed E-state index contributed by atoms with van der Waals surface area (Å²) in [6.07, 6.45) is 5.04. The van der Waals surface area contributed by atoms with Gasteiger partial charge in [0.1, 0.15) is 6.04 Å². The molecule has 0 radical (unpaired) electrons. The fourth-order valence-corrected chi connectivity index (χ4v) is 3.32. The Bertz CT molecular complexity index is 569. The van der Waals surface area contributed by atoms with E-state index < -0.39 is 11.6 Å². The normalized spacial score (nSPS) is 23.0. The molecule has 1 saturated heterocycles. The number of piperidine rings is 1. The van der Waals surface area contributed by atoms with Gasteiger partial charge in [0.15, 0.2) is 0 Å². The van der Waals surface area contributed by atoms with Gasteiger partial charge in [-0.3, -0.25) is 9.59 Å². The molecule has 1 aliphatic carbocycles. The lowest BCUT2D eigenvalue weighted by Gasteiger charge is -2.39. The highest BCUT2D eigenvalue weighted by atomic mass is 16.3. The molecule has 5 heteroatoms. The second kappa shape index (κ2) is 6.71. The predicted octanol–water partition coefficient (Wildman–Crippen LogP) is 1.71. The molecule has 2 amide bonds. The lowest BCUT2D eigenvalue weighted by atomic mass is 9.80. The Morgan fingerprint density at radius 3 is 2.57 bits per heavy atom. The van der Waals surface area contributed by atoms with Crippen molar-refractivity contribution in [3.05, 3.63) is 35.9 Å². The number of benzene rings is 1. The van der Waals surface area contributed by atoms with Crippen LogP contribution in [0, 0.1) is 0 Å². The number of nitrogens with zero attached hydrogens (tertiary/aromatic N) is 1. The molecule has 1 heterocycles. The number of amides is 2. The van der Waals surface area contributed by atoms with Crippen LogP contribution in [0.15, 0.2) is 30.3 Å². The Balaban J connectivity index is 1.66. The summed E-state index contributed by atoms with van der Waals surface area (Å²) in [6, 6.07) is 8.67. The van der Waals surface area contributed by atoms with Crippen LogP contribution in [0.2, 0.25) is 0 Å². The van der Waals surface area contributed by atoms with Gasteiger partial charge in [0.2, 0.25) is 5.91 Å². The van der Waals surface area contributed by atoms with Gasteiger partial charge in [-0.05, 0) is 50.7 Å². The Labute approximate surface area is 136 Å². The van der Waals surface area contributed by atoms with E-state index in [2.05, 4.69) is 5.32 Å². The third kappa shape index (κ3) is 3.55. The van der Waals surface area contributed by atoms with Crippen LogP contribution in [0.25, 0.3) is 0 Å². The van der Waals surface area contributed by atoms with E-state index in [9.17, 15) is 14.7 Å². The van der Waals surface area contributed by atoms with Crippen LogP contribution in [0.4, 0.5) is 0 Å². The van der Waals surface area contributed by atoms with Crippen LogP contribution in [-0.2, 0) is 4.79 Å². The topological polar surface area (TPSA) is 69.6 Å².